The van der Waals surface area contributed by atoms with Crippen LogP contribution in [0.5, 0.6) is 0 Å². The lowest BCUT2D eigenvalue weighted by Gasteiger charge is -2.27. The Morgan fingerprint density at radius 3 is 2.72 bits per heavy atom. The van der Waals surface area contributed by atoms with E-state index < -0.39 is 0 Å². The topological polar surface area (TPSA) is 20.3 Å². The van der Waals surface area contributed by atoms with Gasteiger partial charge in [-0.05, 0) is 46.8 Å². The number of thioether (sulfide) groups is 1. The fourth-order valence-corrected chi connectivity index (χ4v) is 2.97. The molecule has 0 radical (unpaired) electrons. The number of nitrogens with zero attached hydrogens (tertiary/aromatic N) is 1. The van der Waals surface area contributed by atoms with Crippen LogP contribution in [0, 0.1) is 0 Å². The Morgan fingerprint density at radius 2 is 2.22 bits per heavy atom. The molecule has 0 aromatic heterocycles. The molecule has 0 saturated heterocycles. The van der Waals surface area contributed by atoms with E-state index in [4.69, 9.17) is 11.6 Å². The van der Waals surface area contributed by atoms with Crippen LogP contribution in [-0.4, -0.2) is 35.9 Å². The maximum absolute atomic E-state index is 12.3. The number of hydrogen-bond acceptors (Lipinski definition) is 2. The minimum Gasteiger partial charge on any atom is -0.338 e. The summed E-state index contributed by atoms with van der Waals surface area (Å²) < 4.78 is 0.805. The summed E-state index contributed by atoms with van der Waals surface area (Å²) in [5.74, 6) is 0.966. The van der Waals surface area contributed by atoms with Crippen molar-refractivity contribution in [3.05, 3.63) is 33.3 Å². The largest absolute Gasteiger partial charge is 0.338 e. The van der Waals surface area contributed by atoms with Crippen molar-refractivity contribution in [1.29, 1.82) is 0 Å². The molecule has 1 rings (SSSR count). The van der Waals surface area contributed by atoms with Crippen molar-refractivity contribution in [2.24, 2.45) is 0 Å². The molecule has 0 N–H and O–H groups in total. The van der Waals surface area contributed by atoms with E-state index in [1.165, 1.54) is 0 Å². The molecule has 0 aliphatic rings. The first-order chi connectivity index (χ1) is 8.51. The predicted octanol–water partition coefficient (Wildman–Crippen LogP) is 4.32. The van der Waals surface area contributed by atoms with Crippen LogP contribution in [0.15, 0.2) is 22.7 Å². The Hall–Kier alpha value is -0.190. The Morgan fingerprint density at radius 1 is 1.56 bits per heavy atom. The van der Waals surface area contributed by atoms with E-state index in [9.17, 15) is 4.79 Å². The summed E-state index contributed by atoms with van der Waals surface area (Å²) in [6, 6.07) is 5.56. The molecule has 1 aromatic carbocycles. The van der Waals surface area contributed by atoms with Gasteiger partial charge in [0.2, 0.25) is 0 Å². The van der Waals surface area contributed by atoms with E-state index >= 15 is 0 Å². The van der Waals surface area contributed by atoms with Gasteiger partial charge in [-0.1, -0.05) is 18.5 Å². The van der Waals surface area contributed by atoms with Gasteiger partial charge in [-0.3, -0.25) is 4.79 Å². The minimum absolute atomic E-state index is 0.0188. The van der Waals surface area contributed by atoms with Gasteiger partial charge in [0.05, 0.1) is 5.02 Å². The van der Waals surface area contributed by atoms with Gasteiger partial charge in [-0.25, -0.2) is 0 Å². The van der Waals surface area contributed by atoms with Crippen molar-refractivity contribution in [2.45, 2.75) is 19.4 Å². The van der Waals surface area contributed by atoms with E-state index in [1.807, 2.05) is 7.05 Å². The molecular weight excluding hydrogens is 334 g/mol. The third-order valence-corrected chi connectivity index (χ3v) is 4.82. The lowest BCUT2D eigenvalue weighted by atomic mass is 10.1. The predicted molar refractivity (Wildman–Crippen MR) is 83.7 cm³/mol. The van der Waals surface area contributed by atoms with E-state index in [0.29, 0.717) is 10.6 Å². The van der Waals surface area contributed by atoms with E-state index in [0.717, 1.165) is 16.6 Å². The van der Waals surface area contributed by atoms with Crippen molar-refractivity contribution >= 4 is 45.2 Å². The molecule has 100 valence electrons. The second-order valence-corrected chi connectivity index (χ2v) is 6.23. The standard InChI is InChI=1S/C13H17BrClNOS/c1-4-10(8-18-3)16(2)13(17)9-5-6-11(14)12(15)7-9/h5-7,10H,4,8H2,1-3H3. The van der Waals surface area contributed by atoms with E-state index in [-0.39, 0.29) is 11.9 Å². The third kappa shape index (κ3) is 3.90. The summed E-state index contributed by atoms with van der Waals surface area (Å²) in [4.78, 5) is 14.1. The summed E-state index contributed by atoms with van der Waals surface area (Å²) in [5, 5.41) is 0.562. The highest BCUT2D eigenvalue weighted by atomic mass is 79.9. The fraction of sp³-hybridized carbons (Fsp3) is 0.462. The lowest BCUT2D eigenvalue weighted by Crippen LogP contribution is -2.38. The molecule has 1 atom stereocenters. The summed E-state index contributed by atoms with van der Waals surface area (Å²) in [6.07, 6.45) is 3.00. The number of carbonyl (C=O) groups is 1. The number of benzene rings is 1. The molecule has 0 saturated carbocycles. The molecule has 18 heavy (non-hydrogen) atoms. The Balaban J connectivity index is 2.88. The number of hydrogen-bond donors (Lipinski definition) is 0. The van der Waals surface area contributed by atoms with Gasteiger partial charge < -0.3 is 4.90 Å². The van der Waals surface area contributed by atoms with E-state index in [2.05, 4.69) is 29.1 Å². The van der Waals surface area contributed by atoms with Crippen LogP contribution in [0.2, 0.25) is 5.02 Å². The molecule has 0 aliphatic heterocycles. The number of amides is 1. The van der Waals surface area contributed by atoms with Gasteiger partial charge >= 0.3 is 0 Å². The summed E-state index contributed by atoms with van der Waals surface area (Å²) in [6.45, 7) is 2.10. The number of rotatable bonds is 5. The summed E-state index contributed by atoms with van der Waals surface area (Å²) in [5.41, 5.74) is 0.630. The first kappa shape index (κ1) is 15.9. The first-order valence-corrected chi connectivity index (χ1v) is 8.28. The Kier molecular flexibility index (Phi) is 6.53. The van der Waals surface area contributed by atoms with Crippen molar-refractivity contribution in [3.8, 4) is 0 Å². The van der Waals surface area contributed by atoms with Crippen molar-refractivity contribution in [1.82, 2.24) is 4.90 Å². The van der Waals surface area contributed by atoms with Gasteiger partial charge in [-0.15, -0.1) is 0 Å². The lowest BCUT2D eigenvalue weighted by molar-refractivity contribution is 0.0743. The first-order valence-electron chi connectivity index (χ1n) is 5.72. The zero-order valence-electron chi connectivity index (χ0n) is 10.7. The fourth-order valence-electron chi connectivity index (χ4n) is 1.69. The molecule has 0 bridgehead atoms. The quantitative estimate of drug-likeness (QED) is 0.788. The number of halogens is 2. The molecule has 2 nitrogen and oxygen atoms in total. The normalized spacial score (nSPS) is 12.3. The minimum atomic E-state index is 0.0188. The molecule has 0 fully saturated rings. The molecule has 5 heteroatoms. The van der Waals surface area contributed by atoms with Crippen molar-refractivity contribution in [3.63, 3.8) is 0 Å². The zero-order valence-corrected chi connectivity index (χ0v) is 13.9. The highest BCUT2D eigenvalue weighted by Crippen LogP contribution is 2.24. The Labute approximate surface area is 126 Å². The molecular formula is C13H17BrClNOS. The maximum atomic E-state index is 12.3. The van der Waals surface area contributed by atoms with Crippen LogP contribution in [0.3, 0.4) is 0 Å². The molecule has 0 aliphatic carbocycles. The average Bonchev–Trinajstić information content (AvgIpc) is 2.37. The van der Waals surface area contributed by atoms with Crippen LogP contribution >= 0.6 is 39.3 Å². The van der Waals surface area contributed by atoms with Crippen LogP contribution < -0.4 is 0 Å². The second kappa shape index (κ2) is 7.41. The maximum Gasteiger partial charge on any atom is 0.253 e. The van der Waals surface area contributed by atoms with Crippen molar-refractivity contribution < 1.29 is 4.79 Å². The smallest absolute Gasteiger partial charge is 0.253 e. The zero-order chi connectivity index (χ0) is 13.7. The van der Waals surface area contributed by atoms with Crippen LogP contribution in [-0.2, 0) is 0 Å². The molecule has 0 heterocycles. The van der Waals surface area contributed by atoms with E-state index in [1.54, 1.807) is 34.9 Å². The highest BCUT2D eigenvalue weighted by Gasteiger charge is 2.19. The second-order valence-electron chi connectivity index (χ2n) is 4.06. The van der Waals surface area contributed by atoms with Gasteiger partial charge in [0, 0.05) is 28.9 Å². The average molecular weight is 351 g/mol. The molecule has 1 aromatic rings. The summed E-state index contributed by atoms with van der Waals surface area (Å²) in [7, 11) is 1.85. The Bertz CT molecular complexity index is 427. The van der Waals surface area contributed by atoms with Gasteiger partial charge in [0.1, 0.15) is 0 Å². The van der Waals surface area contributed by atoms with Crippen LogP contribution in [0.25, 0.3) is 0 Å². The van der Waals surface area contributed by atoms with Crippen LogP contribution in [0.4, 0.5) is 0 Å². The summed E-state index contributed by atoms with van der Waals surface area (Å²) >= 11 is 11.1. The molecule has 1 amide bonds. The van der Waals surface area contributed by atoms with Gasteiger partial charge in [0.25, 0.3) is 5.91 Å². The highest BCUT2D eigenvalue weighted by molar-refractivity contribution is 9.10. The third-order valence-electron chi connectivity index (χ3n) is 2.86. The number of carbonyl (C=O) groups excluding carboxylic acids is 1. The van der Waals surface area contributed by atoms with Crippen LogP contribution in [0.1, 0.15) is 23.7 Å². The molecule has 0 spiro atoms. The monoisotopic (exact) mass is 349 g/mol. The van der Waals surface area contributed by atoms with Gasteiger partial charge in [-0.2, -0.15) is 11.8 Å². The van der Waals surface area contributed by atoms with Gasteiger partial charge in [0.15, 0.2) is 0 Å². The van der Waals surface area contributed by atoms with Crippen molar-refractivity contribution in [2.75, 3.05) is 19.1 Å². The SMILES string of the molecule is CCC(CSC)N(C)C(=O)c1ccc(Br)c(Cl)c1. The molecule has 1 unspecified atom stereocenters.